The summed E-state index contributed by atoms with van der Waals surface area (Å²) in [7, 11) is 0. The molecule has 2 heterocycles. The molecule has 1 fully saturated rings. The molecule has 1 aliphatic rings. The van der Waals surface area contributed by atoms with Crippen LogP contribution in [-0.4, -0.2) is 31.2 Å². The first-order chi connectivity index (χ1) is 13.6. The minimum absolute atomic E-state index is 0. The molecular weight excluding hydrogens is 478 g/mol. The van der Waals surface area contributed by atoms with Crippen LogP contribution >= 0.6 is 23.1 Å². The average molecular weight is 497 g/mol. The predicted octanol–water partition coefficient (Wildman–Crippen LogP) is 1.15. The maximum Gasteiger partial charge on any atom is 0.269 e. The minimum atomic E-state index is -0.378. The van der Waals surface area contributed by atoms with Crippen LogP contribution in [0.2, 0.25) is 5.02 Å². The molecule has 0 amide bonds. The molecular formula is C20H19BrClN3O3S. The van der Waals surface area contributed by atoms with Gasteiger partial charge in [-0.15, -0.1) is 3.96 Å². The molecule has 2 aromatic carbocycles. The monoisotopic (exact) mass is 495 g/mol. The summed E-state index contributed by atoms with van der Waals surface area (Å²) in [5.74, 6) is 0. The third-order valence-electron chi connectivity index (χ3n) is 4.65. The number of ether oxygens (including phenoxy) is 1. The molecule has 0 bridgehead atoms. The van der Waals surface area contributed by atoms with Crippen molar-refractivity contribution >= 4 is 33.8 Å². The van der Waals surface area contributed by atoms with Gasteiger partial charge >= 0.3 is 0 Å². The summed E-state index contributed by atoms with van der Waals surface area (Å²) in [6.07, 6.45) is 2.14. The van der Waals surface area contributed by atoms with Gasteiger partial charge in [-0.25, -0.2) is 0 Å². The van der Waals surface area contributed by atoms with Crippen LogP contribution in [0.15, 0.2) is 54.7 Å². The molecule has 0 radical (unpaired) electrons. The number of non-ortho nitro benzene ring substituents is 1. The zero-order valence-electron chi connectivity index (χ0n) is 15.5. The quantitative estimate of drug-likeness (QED) is 0.302. The van der Waals surface area contributed by atoms with Crippen molar-refractivity contribution in [3.63, 3.8) is 0 Å². The van der Waals surface area contributed by atoms with Crippen molar-refractivity contribution in [2.75, 3.05) is 31.2 Å². The van der Waals surface area contributed by atoms with Crippen molar-refractivity contribution in [3.8, 4) is 11.1 Å². The molecule has 152 valence electrons. The van der Waals surface area contributed by atoms with Crippen molar-refractivity contribution in [3.05, 3.63) is 75.4 Å². The Morgan fingerprint density at radius 2 is 1.76 bits per heavy atom. The molecule has 0 atom stereocenters. The number of nitro groups is 1. The van der Waals surface area contributed by atoms with E-state index in [2.05, 4.69) is 15.1 Å². The fourth-order valence-electron chi connectivity index (χ4n) is 3.19. The average Bonchev–Trinajstić information content (AvgIpc) is 3.13. The molecule has 1 aromatic heterocycles. The molecule has 6 nitrogen and oxygen atoms in total. The van der Waals surface area contributed by atoms with E-state index in [9.17, 15) is 10.1 Å². The van der Waals surface area contributed by atoms with E-state index in [0.717, 1.165) is 43.0 Å². The number of rotatable bonds is 5. The van der Waals surface area contributed by atoms with Gasteiger partial charge in [0.05, 0.1) is 23.7 Å². The number of nitrogens with zero attached hydrogens (tertiary/aromatic N) is 3. The van der Waals surface area contributed by atoms with Gasteiger partial charge in [-0.1, -0.05) is 23.7 Å². The normalized spacial score (nSPS) is 13.8. The molecule has 0 unspecified atom stereocenters. The third kappa shape index (κ3) is 5.14. The summed E-state index contributed by atoms with van der Waals surface area (Å²) in [5, 5.41) is 12.8. The van der Waals surface area contributed by atoms with Crippen molar-refractivity contribution in [1.82, 2.24) is 0 Å². The Morgan fingerprint density at radius 3 is 2.38 bits per heavy atom. The van der Waals surface area contributed by atoms with Gasteiger partial charge < -0.3 is 26.6 Å². The first-order valence-electron chi connectivity index (χ1n) is 8.96. The lowest BCUT2D eigenvalue weighted by atomic mass is 10.1. The van der Waals surface area contributed by atoms with E-state index in [0.29, 0.717) is 11.6 Å². The van der Waals surface area contributed by atoms with E-state index in [1.165, 1.54) is 5.00 Å². The van der Waals surface area contributed by atoms with E-state index in [1.54, 1.807) is 35.8 Å². The number of hydrogen-bond acceptors (Lipinski definition) is 5. The molecule has 0 N–H and O–H groups in total. The van der Waals surface area contributed by atoms with Gasteiger partial charge in [-0.3, -0.25) is 10.1 Å². The van der Waals surface area contributed by atoms with Gasteiger partial charge in [0.15, 0.2) is 29.3 Å². The molecule has 9 heteroatoms. The van der Waals surface area contributed by atoms with Gasteiger partial charge in [0, 0.05) is 35.8 Å². The van der Waals surface area contributed by atoms with Gasteiger partial charge in [-0.05, 0) is 29.8 Å². The van der Waals surface area contributed by atoms with E-state index in [-0.39, 0.29) is 27.6 Å². The number of halogens is 2. The van der Waals surface area contributed by atoms with Gasteiger partial charge in [0.2, 0.25) is 0 Å². The highest BCUT2D eigenvalue weighted by Gasteiger charge is 2.25. The molecule has 29 heavy (non-hydrogen) atoms. The Kier molecular flexibility index (Phi) is 7.23. The summed E-state index contributed by atoms with van der Waals surface area (Å²) >= 11 is 7.75. The van der Waals surface area contributed by atoms with Gasteiger partial charge in [-0.2, -0.15) is 0 Å². The Morgan fingerprint density at radius 1 is 1.10 bits per heavy atom. The van der Waals surface area contributed by atoms with Crippen molar-refractivity contribution in [2.24, 2.45) is 0 Å². The maximum absolute atomic E-state index is 10.9. The Hall–Kier alpha value is -2.00. The zero-order chi connectivity index (χ0) is 19.5. The van der Waals surface area contributed by atoms with Crippen LogP contribution in [0.5, 0.6) is 0 Å². The fraction of sp³-hybridized carbons (Fsp3) is 0.250. The largest absolute Gasteiger partial charge is 1.00 e. The zero-order valence-corrected chi connectivity index (χ0v) is 18.6. The second-order valence-electron chi connectivity index (χ2n) is 6.54. The highest BCUT2D eigenvalue weighted by Crippen LogP contribution is 2.34. The van der Waals surface area contributed by atoms with Crippen LogP contribution in [-0.2, 0) is 11.3 Å². The highest BCUT2D eigenvalue weighted by atomic mass is 79.9. The highest BCUT2D eigenvalue weighted by molar-refractivity contribution is 7.07. The lowest BCUT2D eigenvalue weighted by molar-refractivity contribution is -0.618. The van der Waals surface area contributed by atoms with E-state index < -0.39 is 0 Å². The topological polar surface area (TPSA) is 59.5 Å². The molecule has 3 aromatic rings. The SMILES string of the molecule is O=[N+]([O-])c1ccc(C[n+]2cc(-c3ccc(Cl)cc3)c(N3CCOCC3)s2)cc1.[Br-]. The summed E-state index contributed by atoms with van der Waals surface area (Å²) in [5.41, 5.74) is 3.40. The number of nitro benzene ring substituents is 1. The van der Waals surface area contributed by atoms with Crippen LogP contribution in [0.3, 0.4) is 0 Å². The summed E-state index contributed by atoms with van der Waals surface area (Å²) in [4.78, 5) is 12.8. The maximum atomic E-state index is 10.9. The Labute approximate surface area is 188 Å². The second kappa shape index (κ2) is 9.67. The van der Waals surface area contributed by atoms with Crippen molar-refractivity contribution in [1.29, 1.82) is 0 Å². The van der Waals surface area contributed by atoms with Crippen LogP contribution in [0, 0.1) is 10.1 Å². The van der Waals surface area contributed by atoms with Gasteiger partial charge in [0.1, 0.15) is 0 Å². The molecule has 1 aliphatic heterocycles. The standard InChI is InChI=1S/C20H19ClN3O3S.BrH/c21-17-5-3-16(4-6-17)19-14-23(28-20(19)22-9-11-27-12-10-22)13-15-1-7-18(8-2-15)24(25)26;/h1-8,14H,9-13H2;1H/q+1;/p-1. The first kappa shape index (κ1) is 21.7. The van der Waals surface area contributed by atoms with Crippen molar-refractivity contribution in [2.45, 2.75) is 6.54 Å². The first-order valence-corrected chi connectivity index (χ1v) is 10.1. The van der Waals surface area contributed by atoms with E-state index in [4.69, 9.17) is 16.3 Å². The molecule has 0 spiro atoms. The van der Waals surface area contributed by atoms with Gasteiger partial charge in [0.25, 0.3) is 5.69 Å². The molecule has 4 rings (SSSR count). The molecule has 0 saturated carbocycles. The van der Waals surface area contributed by atoms with Crippen LogP contribution in [0.4, 0.5) is 10.7 Å². The van der Waals surface area contributed by atoms with Crippen LogP contribution in [0.1, 0.15) is 5.56 Å². The fourth-order valence-corrected chi connectivity index (χ4v) is 4.48. The van der Waals surface area contributed by atoms with E-state index >= 15 is 0 Å². The third-order valence-corrected chi connectivity index (χ3v) is 6.02. The number of anilines is 1. The Bertz CT molecular complexity index is 974. The van der Waals surface area contributed by atoms with Crippen molar-refractivity contribution < 1.29 is 30.6 Å². The number of hydrogen-bond donors (Lipinski definition) is 0. The number of morpholine rings is 1. The summed E-state index contributed by atoms with van der Waals surface area (Å²) in [6.45, 7) is 3.82. The summed E-state index contributed by atoms with van der Waals surface area (Å²) < 4.78 is 7.66. The second-order valence-corrected chi connectivity index (χ2v) is 8.02. The lowest BCUT2D eigenvalue weighted by Crippen LogP contribution is -3.00. The summed E-state index contributed by atoms with van der Waals surface area (Å²) in [6, 6.07) is 14.6. The Balaban J connectivity index is 0.00000240. The molecule has 1 saturated heterocycles. The van der Waals surface area contributed by atoms with E-state index in [1.807, 2.05) is 24.3 Å². The smallest absolute Gasteiger partial charge is 0.269 e. The number of benzene rings is 2. The number of aromatic nitrogens is 1. The molecule has 0 aliphatic carbocycles. The van der Waals surface area contributed by atoms with Crippen LogP contribution in [0.25, 0.3) is 11.1 Å². The predicted molar refractivity (Wildman–Crippen MR) is 110 cm³/mol. The lowest BCUT2D eigenvalue weighted by Gasteiger charge is -2.26. The minimum Gasteiger partial charge on any atom is -1.00 e. The van der Waals surface area contributed by atoms with Crippen LogP contribution < -0.4 is 25.8 Å².